The van der Waals surface area contributed by atoms with Gasteiger partial charge in [-0.15, -0.1) is 17.0 Å². The summed E-state index contributed by atoms with van der Waals surface area (Å²) in [5.74, 6) is 0. The van der Waals surface area contributed by atoms with Gasteiger partial charge in [0, 0.05) is 0 Å². The van der Waals surface area contributed by atoms with Gasteiger partial charge in [-0.1, -0.05) is 0 Å². The van der Waals surface area contributed by atoms with Crippen LogP contribution in [0.25, 0.3) is 0 Å². The molecular weight excluding hydrogens is 206 g/mol. The van der Waals surface area contributed by atoms with Crippen LogP contribution in [0.2, 0.25) is 0 Å². The number of nitrogens with one attached hydrogen (secondary N) is 3. The smallest absolute Gasteiger partial charge is 0.259 e. The van der Waals surface area contributed by atoms with E-state index in [1.165, 1.54) is 0 Å². The van der Waals surface area contributed by atoms with E-state index in [0.717, 1.165) is 0 Å². The molecule has 0 atom stereocenters. The van der Waals surface area contributed by atoms with Crippen LogP contribution in [0.1, 0.15) is 0 Å². The maximum Gasteiger partial charge on any atom is 0.330 e. The Labute approximate surface area is 64.1 Å². The van der Waals surface area contributed by atoms with Crippen molar-refractivity contribution in [2.24, 2.45) is 0 Å². The fourth-order valence-corrected chi connectivity index (χ4v) is 0.403. The van der Waals surface area contributed by atoms with Crippen LogP contribution in [0.15, 0.2) is 14.4 Å². The van der Waals surface area contributed by atoms with Crippen molar-refractivity contribution in [2.75, 3.05) is 0 Å². The van der Waals surface area contributed by atoms with E-state index in [1.54, 1.807) is 15.0 Å². The highest BCUT2D eigenvalue weighted by molar-refractivity contribution is 8.93. The number of aromatic nitrogens is 3. The zero-order chi connectivity index (χ0) is 6.85. The number of hydrogen-bond acceptors (Lipinski definition) is 3. The Morgan fingerprint density at radius 3 is 1.10 bits per heavy atom. The first-order valence-electron chi connectivity index (χ1n) is 2.11. The van der Waals surface area contributed by atoms with E-state index < -0.39 is 17.1 Å². The Morgan fingerprint density at radius 1 is 0.700 bits per heavy atom. The largest absolute Gasteiger partial charge is 0.330 e. The molecule has 0 amide bonds. The third kappa shape index (κ3) is 2.02. The summed E-state index contributed by atoms with van der Waals surface area (Å²) < 4.78 is 0. The summed E-state index contributed by atoms with van der Waals surface area (Å²) in [5, 5.41) is 0. The van der Waals surface area contributed by atoms with Crippen molar-refractivity contribution in [1.82, 2.24) is 15.0 Å². The Balaban J connectivity index is 0.000000810. The highest BCUT2D eigenvalue weighted by Crippen LogP contribution is 1.29. The lowest BCUT2D eigenvalue weighted by Crippen LogP contribution is -2.34. The van der Waals surface area contributed by atoms with E-state index in [0.29, 0.717) is 0 Å². The SMILES string of the molecule is Br.O=c1[nH]c(=O)[nH]c(=O)[nH]1. The van der Waals surface area contributed by atoms with Crippen LogP contribution in [0.5, 0.6) is 0 Å². The van der Waals surface area contributed by atoms with Crippen molar-refractivity contribution >= 4 is 17.0 Å². The fraction of sp³-hybridized carbons (Fsp3) is 0. The molecule has 7 heteroatoms. The van der Waals surface area contributed by atoms with Crippen LogP contribution in [0, 0.1) is 0 Å². The molecule has 0 aromatic carbocycles. The van der Waals surface area contributed by atoms with Gasteiger partial charge < -0.3 is 0 Å². The van der Waals surface area contributed by atoms with Gasteiger partial charge >= 0.3 is 17.1 Å². The van der Waals surface area contributed by atoms with Crippen LogP contribution >= 0.6 is 17.0 Å². The summed E-state index contributed by atoms with van der Waals surface area (Å²) in [7, 11) is 0. The summed E-state index contributed by atoms with van der Waals surface area (Å²) in [5.41, 5.74) is -2.41. The summed E-state index contributed by atoms with van der Waals surface area (Å²) in [6, 6.07) is 0. The van der Waals surface area contributed by atoms with Crippen molar-refractivity contribution in [1.29, 1.82) is 0 Å². The van der Waals surface area contributed by atoms with Crippen molar-refractivity contribution in [3.05, 3.63) is 31.5 Å². The summed E-state index contributed by atoms with van der Waals surface area (Å²) >= 11 is 0. The molecule has 0 spiro atoms. The van der Waals surface area contributed by atoms with Crippen LogP contribution in [0.4, 0.5) is 0 Å². The fourth-order valence-electron chi connectivity index (χ4n) is 0.403. The Bertz CT molecular complexity index is 281. The molecule has 0 saturated heterocycles. The maximum absolute atomic E-state index is 10.2. The summed E-state index contributed by atoms with van der Waals surface area (Å²) in [4.78, 5) is 35.9. The minimum absolute atomic E-state index is 0. The minimum Gasteiger partial charge on any atom is -0.259 e. The second-order valence-electron chi connectivity index (χ2n) is 1.36. The van der Waals surface area contributed by atoms with Gasteiger partial charge in [-0.3, -0.25) is 15.0 Å². The third-order valence-electron chi connectivity index (χ3n) is 0.681. The molecule has 1 heterocycles. The van der Waals surface area contributed by atoms with Gasteiger partial charge in [0.1, 0.15) is 0 Å². The molecule has 0 saturated carbocycles. The van der Waals surface area contributed by atoms with E-state index in [1.807, 2.05) is 0 Å². The number of hydrogen-bond donors (Lipinski definition) is 3. The molecule has 1 aromatic heterocycles. The lowest BCUT2D eigenvalue weighted by atomic mass is 11.0. The molecule has 0 unspecified atom stereocenters. The normalized spacial score (nSPS) is 8.40. The molecule has 10 heavy (non-hydrogen) atoms. The van der Waals surface area contributed by atoms with Crippen molar-refractivity contribution in [3.8, 4) is 0 Å². The van der Waals surface area contributed by atoms with Crippen LogP contribution in [0.3, 0.4) is 0 Å². The predicted octanol–water partition coefficient (Wildman–Crippen LogP) is -1.67. The standard InChI is InChI=1S/C3H3N3O3.BrH/c7-1-4-2(8)6-3(9)5-1;/h(H3,4,5,6,7,8,9);1H. The van der Waals surface area contributed by atoms with Gasteiger partial charge in [0.25, 0.3) is 0 Å². The molecule has 6 nitrogen and oxygen atoms in total. The highest BCUT2D eigenvalue weighted by atomic mass is 79.9. The Morgan fingerprint density at radius 2 is 0.900 bits per heavy atom. The monoisotopic (exact) mass is 209 g/mol. The van der Waals surface area contributed by atoms with Gasteiger partial charge in [0.2, 0.25) is 0 Å². The number of halogens is 1. The first-order chi connectivity index (χ1) is 4.18. The molecule has 0 aliphatic rings. The molecule has 0 aliphatic heterocycles. The molecule has 1 rings (SSSR count). The second kappa shape index (κ2) is 3.16. The van der Waals surface area contributed by atoms with Gasteiger partial charge in [0.05, 0.1) is 0 Å². The van der Waals surface area contributed by atoms with Crippen molar-refractivity contribution in [2.45, 2.75) is 0 Å². The lowest BCUT2D eigenvalue weighted by molar-refractivity contribution is 0.888. The van der Waals surface area contributed by atoms with Gasteiger partial charge in [-0.25, -0.2) is 14.4 Å². The predicted molar refractivity (Wildman–Crippen MR) is 38.6 cm³/mol. The molecule has 0 fully saturated rings. The highest BCUT2D eigenvalue weighted by Gasteiger charge is 1.84. The number of aromatic amines is 3. The summed E-state index contributed by atoms with van der Waals surface area (Å²) in [6.45, 7) is 0. The van der Waals surface area contributed by atoms with E-state index in [9.17, 15) is 14.4 Å². The summed E-state index contributed by atoms with van der Waals surface area (Å²) in [6.07, 6.45) is 0. The molecule has 0 aliphatic carbocycles. The van der Waals surface area contributed by atoms with Gasteiger partial charge in [-0.2, -0.15) is 0 Å². The Hall–Kier alpha value is -1.11. The Kier molecular flexibility index (Phi) is 2.81. The van der Waals surface area contributed by atoms with Crippen LogP contribution in [-0.4, -0.2) is 15.0 Å². The number of H-pyrrole nitrogens is 3. The molecule has 0 bridgehead atoms. The first-order valence-corrected chi connectivity index (χ1v) is 2.11. The third-order valence-corrected chi connectivity index (χ3v) is 0.681. The second-order valence-corrected chi connectivity index (χ2v) is 1.36. The molecule has 3 N–H and O–H groups in total. The lowest BCUT2D eigenvalue weighted by Gasteiger charge is -1.77. The average Bonchev–Trinajstić information content (AvgIpc) is 1.59. The molecule has 1 aromatic rings. The molecular formula is C3H4BrN3O3. The van der Waals surface area contributed by atoms with E-state index >= 15 is 0 Å². The van der Waals surface area contributed by atoms with E-state index in [-0.39, 0.29) is 17.0 Å². The number of rotatable bonds is 0. The maximum atomic E-state index is 10.2. The zero-order valence-electron chi connectivity index (χ0n) is 4.63. The van der Waals surface area contributed by atoms with Crippen LogP contribution in [-0.2, 0) is 0 Å². The first kappa shape index (κ1) is 8.89. The quantitative estimate of drug-likeness (QED) is 0.477. The van der Waals surface area contributed by atoms with Crippen molar-refractivity contribution < 1.29 is 0 Å². The van der Waals surface area contributed by atoms with E-state index in [4.69, 9.17) is 0 Å². The molecule has 56 valence electrons. The van der Waals surface area contributed by atoms with Crippen LogP contribution < -0.4 is 17.1 Å². The minimum atomic E-state index is -0.802. The average molecular weight is 210 g/mol. The topological polar surface area (TPSA) is 98.6 Å². The zero-order valence-corrected chi connectivity index (χ0v) is 6.35. The molecule has 0 radical (unpaired) electrons. The van der Waals surface area contributed by atoms with Gasteiger partial charge in [0.15, 0.2) is 0 Å². The van der Waals surface area contributed by atoms with Gasteiger partial charge in [-0.05, 0) is 0 Å². The van der Waals surface area contributed by atoms with E-state index in [2.05, 4.69) is 0 Å². The van der Waals surface area contributed by atoms with Crippen molar-refractivity contribution in [3.63, 3.8) is 0 Å².